The lowest BCUT2D eigenvalue weighted by molar-refractivity contribution is -0.178. The maximum absolute atomic E-state index is 12.1. The molecule has 0 bridgehead atoms. The summed E-state index contributed by atoms with van der Waals surface area (Å²) in [7, 11) is 0. The standard InChI is InChI=1S/C10H9F3O/c1-5-9(6-2,7(3)4)8(14)10(11,12)13/h1-2,7H,3-4H3. The Bertz CT molecular complexity index is 298. The van der Waals surface area contributed by atoms with Gasteiger partial charge in [-0.25, -0.2) is 0 Å². The van der Waals surface area contributed by atoms with Crippen molar-refractivity contribution in [3.63, 3.8) is 0 Å². The van der Waals surface area contributed by atoms with Gasteiger partial charge in [-0.2, -0.15) is 13.2 Å². The van der Waals surface area contributed by atoms with Crippen molar-refractivity contribution >= 4 is 5.78 Å². The maximum Gasteiger partial charge on any atom is 0.452 e. The van der Waals surface area contributed by atoms with Crippen molar-refractivity contribution in [2.24, 2.45) is 11.3 Å². The summed E-state index contributed by atoms with van der Waals surface area (Å²) in [4.78, 5) is 11.0. The molecule has 0 aromatic carbocycles. The number of hydrogen-bond acceptors (Lipinski definition) is 1. The van der Waals surface area contributed by atoms with Crippen molar-refractivity contribution in [3.05, 3.63) is 0 Å². The van der Waals surface area contributed by atoms with Crippen molar-refractivity contribution in [2.45, 2.75) is 20.0 Å². The molecule has 0 fully saturated rings. The van der Waals surface area contributed by atoms with E-state index < -0.39 is 23.3 Å². The molecule has 1 nitrogen and oxygen atoms in total. The molecule has 14 heavy (non-hydrogen) atoms. The van der Waals surface area contributed by atoms with E-state index in [4.69, 9.17) is 12.8 Å². The average Bonchev–Trinajstić information content (AvgIpc) is 2.05. The summed E-state index contributed by atoms with van der Waals surface area (Å²) in [6, 6.07) is 0. The van der Waals surface area contributed by atoms with Crippen LogP contribution in [0.1, 0.15) is 13.8 Å². The van der Waals surface area contributed by atoms with E-state index in [9.17, 15) is 18.0 Å². The number of terminal acetylenes is 2. The smallest absolute Gasteiger partial charge is 0.287 e. The molecule has 0 saturated heterocycles. The summed E-state index contributed by atoms with van der Waals surface area (Å²) in [6.45, 7) is 2.76. The van der Waals surface area contributed by atoms with Gasteiger partial charge in [0.1, 0.15) is 0 Å². The average molecular weight is 202 g/mol. The predicted molar refractivity (Wildman–Crippen MR) is 46.0 cm³/mol. The van der Waals surface area contributed by atoms with Gasteiger partial charge in [-0.3, -0.25) is 4.79 Å². The molecule has 0 aromatic rings. The van der Waals surface area contributed by atoms with E-state index in [-0.39, 0.29) is 0 Å². The Balaban J connectivity index is 5.40. The van der Waals surface area contributed by atoms with Crippen LogP contribution >= 0.6 is 0 Å². The third-order valence-corrected chi connectivity index (χ3v) is 1.94. The van der Waals surface area contributed by atoms with E-state index in [0.717, 1.165) is 0 Å². The van der Waals surface area contributed by atoms with Gasteiger partial charge in [-0.15, -0.1) is 12.8 Å². The molecule has 0 aliphatic rings. The molecule has 0 heterocycles. The first-order valence-electron chi connectivity index (χ1n) is 3.79. The molecular weight excluding hydrogens is 193 g/mol. The zero-order chi connectivity index (χ0) is 11.6. The maximum atomic E-state index is 12.1. The Hall–Kier alpha value is -1.42. The second-order valence-electron chi connectivity index (χ2n) is 3.08. The molecule has 0 unspecified atom stereocenters. The molecule has 0 saturated carbocycles. The minimum atomic E-state index is -5.00. The zero-order valence-electron chi connectivity index (χ0n) is 7.77. The quantitative estimate of drug-likeness (QED) is 0.626. The van der Waals surface area contributed by atoms with Crippen LogP contribution in [0.5, 0.6) is 0 Å². The third-order valence-electron chi connectivity index (χ3n) is 1.94. The van der Waals surface area contributed by atoms with Gasteiger partial charge in [0.05, 0.1) is 0 Å². The second-order valence-corrected chi connectivity index (χ2v) is 3.08. The lowest BCUT2D eigenvalue weighted by Gasteiger charge is -2.25. The summed E-state index contributed by atoms with van der Waals surface area (Å²) in [6.07, 6.45) is 4.81. The first kappa shape index (κ1) is 12.6. The second kappa shape index (κ2) is 3.75. The summed E-state index contributed by atoms with van der Waals surface area (Å²) in [5.41, 5.74) is -2.18. The lowest BCUT2D eigenvalue weighted by Crippen LogP contribution is -2.42. The fourth-order valence-corrected chi connectivity index (χ4v) is 0.992. The van der Waals surface area contributed by atoms with Gasteiger partial charge < -0.3 is 0 Å². The number of hydrogen-bond donors (Lipinski definition) is 0. The van der Waals surface area contributed by atoms with Gasteiger partial charge in [0.15, 0.2) is 5.41 Å². The fraction of sp³-hybridized carbons (Fsp3) is 0.500. The van der Waals surface area contributed by atoms with Gasteiger partial charge in [-0.1, -0.05) is 25.7 Å². The molecule has 0 atom stereocenters. The van der Waals surface area contributed by atoms with Crippen LogP contribution in [0.2, 0.25) is 0 Å². The third kappa shape index (κ3) is 1.90. The molecule has 0 amide bonds. The van der Waals surface area contributed by atoms with E-state index in [0.29, 0.717) is 0 Å². The van der Waals surface area contributed by atoms with E-state index >= 15 is 0 Å². The van der Waals surface area contributed by atoms with Gasteiger partial charge in [0.2, 0.25) is 0 Å². The van der Waals surface area contributed by atoms with Crippen LogP contribution in [0.25, 0.3) is 0 Å². The molecule has 0 spiro atoms. The number of rotatable bonds is 2. The van der Waals surface area contributed by atoms with Gasteiger partial charge >= 0.3 is 6.18 Å². The van der Waals surface area contributed by atoms with Crippen LogP contribution in [0.3, 0.4) is 0 Å². The summed E-state index contributed by atoms with van der Waals surface area (Å²) < 4.78 is 36.4. The molecule has 0 radical (unpaired) electrons. The number of ketones is 1. The summed E-state index contributed by atoms with van der Waals surface area (Å²) in [5, 5.41) is 0. The molecule has 0 N–H and O–H groups in total. The minimum Gasteiger partial charge on any atom is -0.287 e. The number of carbonyl (C=O) groups excluding carboxylic acids is 1. The number of halogens is 3. The van der Waals surface area contributed by atoms with Gasteiger partial charge in [-0.05, 0) is 5.92 Å². The van der Waals surface area contributed by atoms with Crippen molar-refractivity contribution in [3.8, 4) is 24.7 Å². The highest BCUT2D eigenvalue weighted by Gasteiger charge is 2.53. The monoisotopic (exact) mass is 202 g/mol. The highest BCUT2D eigenvalue weighted by Crippen LogP contribution is 2.34. The molecule has 76 valence electrons. The van der Waals surface area contributed by atoms with Crippen LogP contribution in [0.15, 0.2) is 0 Å². The summed E-state index contributed by atoms with van der Waals surface area (Å²) >= 11 is 0. The van der Waals surface area contributed by atoms with Crippen molar-refractivity contribution in [1.29, 1.82) is 0 Å². The van der Waals surface area contributed by atoms with Crippen molar-refractivity contribution in [1.82, 2.24) is 0 Å². The first-order chi connectivity index (χ1) is 6.22. The molecular formula is C10H9F3O. The Labute approximate surface area is 80.7 Å². The molecule has 4 heteroatoms. The number of carbonyl (C=O) groups is 1. The Morgan fingerprint density at radius 1 is 1.21 bits per heavy atom. The Kier molecular flexibility index (Phi) is 3.37. The van der Waals surface area contributed by atoms with Crippen LogP contribution in [-0.4, -0.2) is 12.0 Å². The lowest BCUT2D eigenvalue weighted by atomic mass is 9.75. The predicted octanol–water partition coefficient (Wildman–Crippen LogP) is 2.03. The van der Waals surface area contributed by atoms with Gasteiger partial charge in [0.25, 0.3) is 5.78 Å². The van der Waals surface area contributed by atoms with Crippen molar-refractivity contribution < 1.29 is 18.0 Å². The number of Topliss-reactive ketones (excluding diaryl/α,β-unsaturated/α-hetero) is 1. The molecule has 0 rings (SSSR count). The molecule has 0 aromatic heterocycles. The molecule has 0 aliphatic heterocycles. The highest BCUT2D eigenvalue weighted by molar-refractivity contribution is 5.95. The zero-order valence-corrected chi connectivity index (χ0v) is 7.77. The largest absolute Gasteiger partial charge is 0.452 e. The first-order valence-corrected chi connectivity index (χ1v) is 3.79. The van der Waals surface area contributed by atoms with Crippen LogP contribution in [0.4, 0.5) is 13.2 Å². The topological polar surface area (TPSA) is 17.1 Å². The van der Waals surface area contributed by atoms with E-state index in [1.165, 1.54) is 13.8 Å². The Morgan fingerprint density at radius 2 is 1.57 bits per heavy atom. The number of alkyl halides is 3. The van der Waals surface area contributed by atoms with Gasteiger partial charge in [0, 0.05) is 0 Å². The molecule has 0 aliphatic carbocycles. The highest BCUT2D eigenvalue weighted by atomic mass is 19.4. The van der Waals surface area contributed by atoms with Crippen LogP contribution in [-0.2, 0) is 4.79 Å². The van der Waals surface area contributed by atoms with Crippen LogP contribution < -0.4 is 0 Å². The summed E-state index contributed by atoms with van der Waals surface area (Å²) in [5.74, 6) is 0.722. The van der Waals surface area contributed by atoms with Crippen LogP contribution in [0, 0.1) is 36.0 Å². The fourth-order valence-electron chi connectivity index (χ4n) is 0.992. The SMILES string of the molecule is C#CC(C#C)(C(=O)C(F)(F)F)C(C)C. The Morgan fingerprint density at radius 3 is 1.64 bits per heavy atom. The van der Waals surface area contributed by atoms with Crippen molar-refractivity contribution in [2.75, 3.05) is 0 Å². The van der Waals surface area contributed by atoms with E-state index in [1.807, 2.05) is 0 Å². The normalized spacial score (nSPS) is 12.0. The van der Waals surface area contributed by atoms with E-state index in [1.54, 1.807) is 11.8 Å². The van der Waals surface area contributed by atoms with E-state index in [2.05, 4.69) is 0 Å². The minimum absolute atomic E-state index is 0.758.